The number of H-pyrrole nitrogens is 1. The molecule has 0 aliphatic carbocycles. The molecule has 0 amide bonds. The molecule has 1 aliphatic rings. The zero-order valence-electron chi connectivity index (χ0n) is 15.7. The zero-order chi connectivity index (χ0) is 19.1. The molecule has 140 valence electrons. The van der Waals surface area contributed by atoms with Crippen molar-refractivity contribution in [3.8, 4) is 11.1 Å². The Balaban J connectivity index is 1.50. The Morgan fingerprint density at radius 2 is 1.82 bits per heavy atom. The molecule has 0 bridgehead atoms. The van der Waals surface area contributed by atoms with E-state index in [1.807, 2.05) is 35.7 Å². The molecule has 4 aromatic rings. The summed E-state index contributed by atoms with van der Waals surface area (Å²) in [7, 11) is 0. The molecule has 28 heavy (non-hydrogen) atoms. The van der Waals surface area contributed by atoms with Crippen LogP contribution in [0.2, 0.25) is 0 Å². The highest BCUT2D eigenvalue weighted by atomic mass is 32.1. The number of hydrogen-bond donors (Lipinski definition) is 1. The van der Waals surface area contributed by atoms with Crippen LogP contribution in [0.5, 0.6) is 0 Å². The van der Waals surface area contributed by atoms with Gasteiger partial charge >= 0.3 is 0 Å². The van der Waals surface area contributed by atoms with E-state index in [4.69, 9.17) is 4.98 Å². The van der Waals surface area contributed by atoms with E-state index in [9.17, 15) is 4.79 Å². The quantitative estimate of drug-likeness (QED) is 0.551. The molecule has 1 aliphatic heterocycles. The van der Waals surface area contributed by atoms with Crippen molar-refractivity contribution < 1.29 is 0 Å². The summed E-state index contributed by atoms with van der Waals surface area (Å²) in [5.41, 5.74) is 4.75. The van der Waals surface area contributed by atoms with Crippen LogP contribution in [0, 0.1) is 0 Å². The van der Waals surface area contributed by atoms with Gasteiger partial charge in [-0.2, -0.15) is 0 Å². The molecule has 5 heteroatoms. The molecule has 5 rings (SSSR count). The zero-order valence-corrected chi connectivity index (χ0v) is 16.5. The lowest BCUT2D eigenvalue weighted by atomic mass is 9.99. The molecule has 0 radical (unpaired) electrons. The SMILES string of the molecule is C[C@@H](c1nc2scc(-c3ccccc3)c2c(=O)[nH]1)N1CCc2ccccc2C1. The van der Waals surface area contributed by atoms with Crippen molar-refractivity contribution in [1.29, 1.82) is 0 Å². The molecule has 0 fully saturated rings. The molecule has 1 atom stereocenters. The van der Waals surface area contributed by atoms with Crippen LogP contribution in [0.4, 0.5) is 0 Å². The van der Waals surface area contributed by atoms with Gasteiger partial charge in [-0.25, -0.2) is 4.98 Å². The molecular weight excluding hydrogens is 366 g/mol. The molecule has 3 heterocycles. The third-order valence-corrected chi connectivity index (χ3v) is 6.52. The first-order chi connectivity index (χ1) is 13.7. The predicted molar refractivity (Wildman–Crippen MR) is 115 cm³/mol. The van der Waals surface area contributed by atoms with Gasteiger partial charge in [-0.15, -0.1) is 11.3 Å². The Bertz CT molecular complexity index is 1200. The Kier molecular flexibility index (Phi) is 4.34. The molecule has 0 unspecified atom stereocenters. The highest BCUT2D eigenvalue weighted by molar-refractivity contribution is 7.17. The number of aromatic nitrogens is 2. The van der Waals surface area contributed by atoms with Gasteiger partial charge in [-0.3, -0.25) is 9.69 Å². The summed E-state index contributed by atoms with van der Waals surface area (Å²) < 4.78 is 0. The van der Waals surface area contributed by atoms with Crippen LogP contribution in [0.25, 0.3) is 21.3 Å². The average Bonchev–Trinajstić information content (AvgIpc) is 3.18. The van der Waals surface area contributed by atoms with Crippen molar-refractivity contribution in [3.05, 3.63) is 87.3 Å². The monoisotopic (exact) mass is 387 g/mol. The summed E-state index contributed by atoms with van der Waals surface area (Å²) in [4.78, 5) is 24.0. The molecule has 0 spiro atoms. The number of rotatable bonds is 3. The lowest BCUT2D eigenvalue weighted by Crippen LogP contribution is -2.34. The van der Waals surface area contributed by atoms with Gasteiger partial charge in [-0.05, 0) is 30.0 Å². The number of aromatic amines is 1. The number of thiophene rings is 1. The molecule has 0 saturated carbocycles. The lowest BCUT2D eigenvalue weighted by molar-refractivity contribution is 0.185. The number of nitrogens with zero attached hydrogens (tertiary/aromatic N) is 2. The van der Waals surface area contributed by atoms with E-state index in [1.165, 1.54) is 11.1 Å². The second kappa shape index (κ2) is 7.00. The van der Waals surface area contributed by atoms with Gasteiger partial charge in [0.25, 0.3) is 5.56 Å². The van der Waals surface area contributed by atoms with Crippen LogP contribution in [0.1, 0.15) is 29.9 Å². The fraction of sp³-hybridized carbons (Fsp3) is 0.217. The van der Waals surface area contributed by atoms with Crippen LogP contribution in [-0.4, -0.2) is 21.4 Å². The minimum Gasteiger partial charge on any atom is -0.309 e. The molecule has 2 aromatic heterocycles. The Labute approximate surface area is 167 Å². The summed E-state index contributed by atoms with van der Waals surface area (Å²) in [6, 6.07) is 18.7. The number of benzene rings is 2. The summed E-state index contributed by atoms with van der Waals surface area (Å²) in [5, 5.41) is 2.73. The van der Waals surface area contributed by atoms with Crippen molar-refractivity contribution in [2.45, 2.75) is 25.9 Å². The standard InChI is InChI=1S/C23H21N3OS/c1-15(26-12-11-16-7-5-6-10-18(16)13-26)21-24-22(27)20-19(14-28-23(20)25-21)17-8-3-2-4-9-17/h2-10,14-15H,11-13H2,1H3,(H,24,25,27)/t15-/m0/s1. The van der Waals surface area contributed by atoms with Gasteiger partial charge in [0.05, 0.1) is 11.4 Å². The third kappa shape index (κ3) is 2.97. The lowest BCUT2D eigenvalue weighted by Gasteiger charge is -2.33. The van der Waals surface area contributed by atoms with Gasteiger partial charge in [-0.1, -0.05) is 54.6 Å². The summed E-state index contributed by atoms with van der Waals surface area (Å²) in [5.74, 6) is 0.748. The van der Waals surface area contributed by atoms with Gasteiger partial charge in [0, 0.05) is 24.0 Å². The first-order valence-electron chi connectivity index (χ1n) is 9.58. The maximum Gasteiger partial charge on any atom is 0.260 e. The van der Waals surface area contributed by atoms with Gasteiger partial charge < -0.3 is 4.98 Å². The van der Waals surface area contributed by atoms with Crippen molar-refractivity contribution >= 4 is 21.6 Å². The van der Waals surface area contributed by atoms with Gasteiger partial charge in [0.2, 0.25) is 0 Å². The topological polar surface area (TPSA) is 49.0 Å². The smallest absolute Gasteiger partial charge is 0.260 e. The maximum absolute atomic E-state index is 12.9. The molecule has 0 saturated heterocycles. The fourth-order valence-electron chi connectivity index (χ4n) is 4.01. The second-order valence-electron chi connectivity index (χ2n) is 7.31. The number of hydrogen-bond acceptors (Lipinski definition) is 4. The first-order valence-corrected chi connectivity index (χ1v) is 10.5. The molecule has 2 aromatic carbocycles. The van der Waals surface area contributed by atoms with E-state index >= 15 is 0 Å². The minimum atomic E-state index is -0.0515. The van der Waals surface area contributed by atoms with Crippen LogP contribution in [-0.2, 0) is 13.0 Å². The molecule has 1 N–H and O–H groups in total. The van der Waals surface area contributed by atoms with E-state index in [-0.39, 0.29) is 11.6 Å². The summed E-state index contributed by atoms with van der Waals surface area (Å²) in [6.45, 7) is 3.99. The third-order valence-electron chi connectivity index (χ3n) is 5.65. The fourth-order valence-corrected chi connectivity index (χ4v) is 4.97. The van der Waals surface area contributed by atoms with Crippen LogP contribution in [0.15, 0.2) is 64.8 Å². The average molecular weight is 388 g/mol. The first kappa shape index (κ1) is 17.3. The number of fused-ring (bicyclic) bond motifs is 2. The van der Waals surface area contributed by atoms with Gasteiger partial charge in [0.15, 0.2) is 0 Å². The van der Waals surface area contributed by atoms with Crippen LogP contribution in [0.3, 0.4) is 0 Å². The molecular formula is C23H21N3OS. The van der Waals surface area contributed by atoms with E-state index in [2.05, 4.69) is 41.1 Å². The highest BCUT2D eigenvalue weighted by Gasteiger charge is 2.24. The van der Waals surface area contributed by atoms with E-state index in [0.717, 1.165) is 41.3 Å². The highest BCUT2D eigenvalue weighted by Crippen LogP contribution is 2.32. The van der Waals surface area contributed by atoms with Crippen molar-refractivity contribution in [2.24, 2.45) is 0 Å². The van der Waals surface area contributed by atoms with Crippen molar-refractivity contribution in [3.63, 3.8) is 0 Å². The van der Waals surface area contributed by atoms with Gasteiger partial charge in [0.1, 0.15) is 10.7 Å². The van der Waals surface area contributed by atoms with E-state index in [0.29, 0.717) is 5.39 Å². The van der Waals surface area contributed by atoms with E-state index < -0.39 is 0 Å². The van der Waals surface area contributed by atoms with Crippen LogP contribution < -0.4 is 5.56 Å². The normalized spacial score (nSPS) is 15.5. The van der Waals surface area contributed by atoms with Crippen LogP contribution >= 0.6 is 11.3 Å². The second-order valence-corrected chi connectivity index (χ2v) is 8.17. The minimum absolute atomic E-state index is 0.0515. The predicted octanol–water partition coefficient (Wildman–Crippen LogP) is 4.77. The van der Waals surface area contributed by atoms with Crippen molar-refractivity contribution in [1.82, 2.24) is 14.9 Å². The van der Waals surface area contributed by atoms with Crippen molar-refractivity contribution in [2.75, 3.05) is 6.54 Å². The molecule has 4 nitrogen and oxygen atoms in total. The Morgan fingerprint density at radius 3 is 2.64 bits per heavy atom. The Morgan fingerprint density at radius 1 is 1.07 bits per heavy atom. The largest absolute Gasteiger partial charge is 0.309 e. The Hall–Kier alpha value is -2.76. The number of nitrogens with one attached hydrogen (secondary N) is 1. The summed E-state index contributed by atoms with van der Waals surface area (Å²) >= 11 is 1.54. The van der Waals surface area contributed by atoms with E-state index in [1.54, 1.807) is 11.3 Å². The maximum atomic E-state index is 12.9. The summed E-state index contributed by atoms with van der Waals surface area (Å²) in [6.07, 6.45) is 1.03.